The Morgan fingerprint density at radius 2 is 1.72 bits per heavy atom. The predicted molar refractivity (Wildman–Crippen MR) is 120 cm³/mol. The highest BCUT2D eigenvalue weighted by Crippen LogP contribution is 2.33. The van der Waals surface area contributed by atoms with Gasteiger partial charge in [0, 0.05) is 37.8 Å². The van der Waals surface area contributed by atoms with Crippen LogP contribution in [-0.2, 0) is 21.1 Å². The van der Waals surface area contributed by atoms with E-state index in [-0.39, 0.29) is 28.1 Å². The molecule has 2 saturated heterocycles. The van der Waals surface area contributed by atoms with Crippen molar-refractivity contribution in [1.29, 1.82) is 0 Å². The van der Waals surface area contributed by atoms with Gasteiger partial charge in [0.05, 0.1) is 17.6 Å². The van der Waals surface area contributed by atoms with Gasteiger partial charge in [-0.25, -0.2) is 23.4 Å². The summed E-state index contributed by atoms with van der Waals surface area (Å²) < 4.78 is 24.6. The molecule has 0 radical (unpaired) electrons. The fourth-order valence-corrected chi connectivity index (χ4v) is 6.38. The Morgan fingerprint density at radius 1 is 0.938 bits per heavy atom. The zero-order valence-electron chi connectivity index (χ0n) is 17.7. The predicted octanol–water partition coefficient (Wildman–Crippen LogP) is 2.52. The third kappa shape index (κ3) is 4.32. The Labute approximate surface area is 192 Å². The molecule has 1 atom stereocenters. The van der Waals surface area contributed by atoms with E-state index in [4.69, 9.17) is 11.6 Å². The van der Waals surface area contributed by atoms with E-state index in [1.807, 2.05) is 11.0 Å². The summed E-state index contributed by atoms with van der Waals surface area (Å²) in [6, 6.07) is 3.65. The number of pyridine rings is 1. The Bertz CT molecular complexity index is 1080. The SMILES string of the molecule is O=C1[C@@H](Cc2ccc(S(=O)(=O)C3CC3)nc2)CCN1C1CCN(c2cnc(Cl)cn2)CC1. The number of halogens is 1. The van der Waals surface area contributed by atoms with Gasteiger partial charge in [-0.1, -0.05) is 17.7 Å². The lowest BCUT2D eigenvalue weighted by Crippen LogP contribution is -2.46. The van der Waals surface area contributed by atoms with E-state index < -0.39 is 9.84 Å². The van der Waals surface area contributed by atoms with E-state index in [1.54, 1.807) is 24.7 Å². The zero-order chi connectivity index (χ0) is 22.3. The highest BCUT2D eigenvalue weighted by molar-refractivity contribution is 7.92. The number of aromatic nitrogens is 3. The van der Waals surface area contributed by atoms with Crippen molar-refractivity contribution < 1.29 is 13.2 Å². The second-order valence-corrected chi connectivity index (χ2v) is 11.4. The maximum absolute atomic E-state index is 13.1. The standard InChI is InChI=1S/C22H26ClN5O3S/c23-19-13-25-20(14-24-19)27-8-6-17(7-9-27)28-10-5-16(22(28)29)11-15-1-4-21(26-12-15)32(30,31)18-2-3-18/h1,4,12-14,16-18H,2-3,5-11H2/t16-/m1/s1. The van der Waals surface area contributed by atoms with Crippen molar-refractivity contribution in [3.05, 3.63) is 41.4 Å². The average Bonchev–Trinajstić information content (AvgIpc) is 3.61. The number of piperidine rings is 1. The minimum Gasteiger partial charge on any atom is -0.355 e. The van der Waals surface area contributed by atoms with Crippen LogP contribution in [0.4, 0.5) is 5.82 Å². The number of hydrogen-bond acceptors (Lipinski definition) is 7. The van der Waals surface area contributed by atoms with Crippen LogP contribution < -0.4 is 4.90 Å². The third-order valence-electron chi connectivity index (χ3n) is 6.72. The molecule has 1 aliphatic carbocycles. The topological polar surface area (TPSA) is 96.4 Å². The normalized spacial score (nSPS) is 22.5. The third-order valence-corrected chi connectivity index (χ3v) is 9.09. The maximum atomic E-state index is 13.1. The summed E-state index contributed by atoms with van der Waals surface area (Å²) in [5.74, 6) is 0.949. The van der Waals surface area contributed by atoms with Gasteiger partial charge in [0.25, 0.3) is 0 Å². The molecule has 3 fully saturated rings. The van der Waals surface area contributed by atoms with Crippen molar-refractivity contribution in [1.82, 2.24) is 19.9 Å². The van der Waals surface area contributed by atoms with Gasteiger partial charge in [-0.2, -0.15) is 0 Å². The first kappa shape index (κ1) is 21.6. The number of likely N-dealkylation sites (tertiary alicyclic amines) is 1. The van der Waals surface area contributed by atoms with Crippen LogP contribution in [0, 0.1) is 5.92 Å². The van der Waals surface area contributed by atoms with Crippen molar-refractivity contribution >= 4 is 33.2 Å². The molecule has 2 aromatic heterocycles. The number of carbonyl (C=O) groups excluding carboxylic acids is 1. The molecule has 170 valence electrons. The lowest BCUT2D eigenvalue weighted by Gasteiger charge is -2.37. The summed E-state index contributed by atoms with van der Waals surface area (Å²) in [6.07, 6.45) is 9.55. The Morgan fingerprint density at radius 3 is 2.34 bits per heavy atom. The smallest absolute Gasteiger partial charge is 0.226 e. The minimum atomic E-state index is -3.28. The van der Waals surface area contributed by atoms with Gasteiger partial charge < -0.3 is 9.80 Å². The van der Waals surface area contributed by atoms with Gasteiger partial charge in [0.1, 0.15) is 11.0 Å². The molecule has 0 bridgehead atoms. The summed E-state index contributed by atoms with van der Waals surface area (Å²) in [4.78, 5) is 29.9. The van der Waals surface area contributed by atoms with Gasteiger partial charge in [0.2, 0.25) is 5.91 Å². The fourth-order valence-electron chi connectivity index (χ4n) is 4.72. The molecule has 1 amide bonds. The molecule has 8 nitrogen and oxygen atoms in total. The molecule has 0 spiro atoms. The molecule has 32 heavy (non-hydrogen) atoms. The van der Waals surface area contributed by atoms with Crippen LogP contribution in [0.25, 0.3) is 0 Å². The number of nitrogens with zero attached hydrogens (tertiary/aromatic N) is 5. The lowest BCUT2D eigenvalue weighted by molar-refractivity contribution is -0.133. The Hall–Kier alpha value is -2.26. The molecular formula is C22H26ClN5O3S. The zero-order valence-corrected chi connectivity index (χ0v) is 19.3. The van der Waals surface area contributed by atoms with Crippen LogP contribution in [0.5, 0.6) is 0 Å². The van der Waals surface area contributed by atoms with Crippen molar-refractivity contribution in [2.24, 2.45) is 5.92 Å². The summed E-state index contributed by atoms with van der Waals surface area (Å²) in [5.41, 5.74) is 0.913. The average molecular weight is 476 g/mol. The summed E-state index contributed by atoms with van der Waals surface area (Å²) >= 11 is 5.82. The number of hydrogen-bond donors (Lipinski definition) is 0. The monoisotopic (exact) mass is 475 g/mol. The largest absolute Gasteiger partial charge is 0.355 e. The first-order chi connectivity index (χ1) is 15.4. The highest BCUT2D eigenvalue weighted by Gasteiger charge is 2.39. The van der Waals surface area contributed by atoms with E-state index >= 15 is 0 Å². The van der Waals surface area contributed by atoms with Crippen LogP contribution in [0.2, 0.25) is 5.15 Å². The molecule has 0 aromatic carbocycles. The molecule has 4 heterocycles. The molecular weight excluding hydrogens is 450 g/mol. The number of rotatable bonds is 6. The Kier molecular flexibility index (Phi) is 5.79. The molecule has 3 aliphatic rings. The van der Waals surface area contributed by atoms with Gasteiger partial charge >= 0.3 is 0 Å². The first-order valence-electron chi connectivity index (χ1n) is 11.1. The molecule has 2 aliphatic heterocycles. The first-order valence-corrected chi connectivity index (χ1v) is 13.1. The minimum absolute atomic E-state index is 0.0668. The molecule has 5 rings (SSSR count). The van der Waals surface area contributed by atoms with Gasteiger partial charge in [-0.15, -0.1) is 0 Å². The second kappa shape index (κ2) is 8.59. The van der Waals surface area contributed by atoms with Gasteiger partial charge in [0.15, 0.2) is 14.9 Å². The highest BCUT2D eigenvalue weighted by atomic mass is 35.5. The van der Waals surface area contributed by atoms with Gasteiger partial charge in [-0.3, -0.25) is 4.79 Å². The summed E-state index contributed by atoms with van der Waals surface area (Å²) in [6.45, 7) is 2.43. The lowest BCUT2D eigenvalue weighted by atomic mass is 9.99. The van der Waals surface area contributed by atoms with E-state index in [0.717, 1.165) is 63.1 Å². The van der Waals surface area contributed by atoms with E-state index in [1.165, 1.54) is 0 Å². The Balaban J connectivity index is 1.16. The number of amides is 1. The van der Waals surface area contributed by atoms with E-state index in [9.17, 15) is 13.2 Å². The molecule has 2 aromatic rings. The van der Waals surface area contributed by atoms with Crippen molar-refractivity contribution in [3.63, 3.8) is 0 Å². The van der Waals surface area contributed by atoms with E-state index in [0.29, 0.717) is 11.6 Å². The molecule has 1 saturated carbocycles. The van der Waals surface area contributed by atoms with E-state index in [2.05, 4.69) is 19.9 Å². The fraction of sp³-hybridized carbons (Fsp3) is 0.545. The second-order valence-electron chi connectivity index (χ2n) is 8.89. The van der Waals surface area contributed by atoms with Crippen LogP contribution in [-0.4, -0.2) is 65.1 Å². The summed E-state index contributed by atoms with van der Waals surface area (Å²) in [5, 5.41) is 0.274. The van der Waals surface area contributed by atoms with Crippen molar-refractivity contribution in [2.45, 2.75) is 54.8 Å². The number of sulfone groups is 1. The van der Waals surface area contributed by atoms with Crippen LogP contribution in [0.1, 0.15) is 37.7 Å². The number of anilines is 1. The summed E-state index contributed by atoms with van der Waals surface area (Å²) in [7, 11) is -3.28. The number of carbonyl (C=O) groups is 1. The quantitative estimate of drug-likeness (QED) is 0.633. The van der Waals surface area contributed by atoms with Crippen molar-refractivity contribution in [3.8, 4) is 0 Å². The molecule has 0 unspecified atom stereocenters. The van der Waals surface area contributed by atoms with Crippen LogP contribution in [0.3, 0.4) is 0 Å². The van der Waals surface area contributed by atoms with Crippen LogP contribution in [0.15, 0.2) is 35.7 Å². The van der Waals surface area contributed by atoms with Crippen molar-refractivity contribution in [2.75, 3.05) is 24.5 Å². The maximum Gasteiger partial charge on any atom is 0.226 e. The molecule has 0 N–H and O–H groups in total. The van der Waals surface area contributed by atoms with Gasteiger partial charge in [-0.05, 0) is 50.2 Å². The van der Waals surface area contributed by atoms with Crippen LogP contribution >= 0.6 is 11.6 Å². The molecule has 10 heteroatoms.